The van der Waals surface area contributed by atoms with Gasteiger partial charge in [-0.25, -0.2) is 9.97 Å². The van der Waals surface area contributed by atoms with Crippen LogP contribution in [-0.4, -0.2) is 83.6 Å². The first-order valence-corrected chi connectivity index (χ1v) is 13.7. The Morgan fingerprint density at radius 3 is 2.66 bits per heavy atom. The molecule has 0 radical (unpaired) electrons. The molecule has 0 bridgehead atoms. The molecule has 10 nitrogen and oxygen atoms in total. The number of furan rings is 1. The molecule has 2 aliphatic rings. The molecular formula is C28H42N6O4. The van der Waals surface area contributed by atoms with Crippen molar-refractivity contribution in [3.8, 4) is 0 Å². The van der Waals surface area contributed by atoms with E-state index in [4.69, 9.17) is 14.1 Å². The Kier molecular flexibility index (Phi) is 9.04. The first-order valence-electron chi connectivity index (χ1n) is 13.7. The largest absolute Gasteiger partial charge is 0.467 e. The number of morpholine rings is 1. The summed E-state index contributed by atoms with van der Waals surface area (Å²) in [6.07, 6.45) is 3.89. The van der Waals surface area contributed by atoms with Crippen LogP contribution in [0.2, 0.25) is 0 Å². The molecule has 2 amide bonds. The fourth-order valence-corrected chi connectivity index (χ4v) is 4.95. The average molecular weight is 527 g/mol. The predicted octanol–water partition coefficient (Wildman–Crippen LogP) is 2.91. The van der Waals surface area contributed by atoms with Crippen LogP contribution in [0.25, 0.3) is 0 Å². The van der Waals surface area contributed by atoms with E-state index in [-0.39, 0.29) is 35.1 Å². The van der Waals surface area contributed by atoms with Gasteiger partial charge in [0.1, 0.15) is 23.0 Å². The molecule has 2 N–H and O–H groups in total. The third-order valence-corrected chi connectivity index (χ3v) is 6.96. The lowest BCUT2D eigenvalue weighted by atomic mass is 9.92. The van der Waals surface area contributed by atoms with Crippen LogP contribution in [0.3, 0.4) is 0 Å². The van der Waals surface area contributed by atoms with E-state index < -0.39 is 0 Å². The number of carbonyl (C=O) groups is 2. The van der Waals surface area contributed by atoms with E-state index in [1.54, 1.807) is 12.5 Å². The summed E-state index contributed by atoms with van der Waals surface area (Å²) in [5.41, 5.74) is 0.146. The van der Waals surface area contributed by atoms with Gasteiger partial charge in [0.25, 0.3) is 5.91 Å². The van der Waals surface area contributed by atoms with Crippen molar-refractivity contribution >= 4 is 17.6 Å². The molecule has 2 atom stereocenters. The van der Waals surface area contributed by atoms with Crippen LogP contribution in [0.15, 0.2) is 29.0 Å². The summed E-state index contributed by atoms with van der Waals surface area (Å²) in [6, 6.07) is 3.59. The van der Waals surface area contributed by atoms with E-state index in [0.29, 0.717) is 76.1 Å². The maximum atomic E-state index is 14.1. The highest BCUT2D eigenvalue weighted by Gasteiger charge is 2.36. The molecule has 208 valence electrons. The summed E-state index contributed by atoms with van der Waals surface area (Å²) in [4.78, 5) is 40.5. The lowest BCUT2D eigenvalue weighted by molar-refractivity contribution is -0.140. The maximum Gasteiger partial charge on any atom is 0.259 e. The van der Waals surface area contributed by atoms with Crippen LogP contribution in [0.5, 0.6) is 0 Å². The van der Waals surface area contributed by atoms with Gasteiger partial charge in [0.05, 0.1) is 31.9 Å². The van der Waals surface area contributed by atoms with E-state index >= 15 is 0 Å². The van der Waals surface area contributed by atoms with Crippen molar-refractivity contribution < 1.29 is 18.7 Å². The number of piperidine rings is 1. The molecule has 4 rings (SSSR count). The second kappa shape index (κ2) is 12.3. The Balaban J connectivity index is 1.58. The van der Waals surface area contributed by atoms with Crippen molar-refractivity contribution in [2.75, 3.05) is 51.3 Å². The second-order valence-electron chi connectivity index (χ2n) is 11.7. The highest BCUT2D eigenvalue weighted by atomic mass is 16.5. The molecule has 10 heteroatoms. The molecular weight excluding hydrogens is 484 g/mol. The number of anilines is 1. The predicted molar refractivity (Wildman–Crippen MR) is 145 cm³/mol. The standard InChI is InChI=1S/C28H42N6O4/c1-19(2)18-34(21-13-20(14-29-15-21)25(35)33-8-11-37-12-9-33)26(36)23-17-31-27(28(3,4)5)32-24(23)30-16-22-7-6-10-38-22/h6-7,10,17,19-21,29H,8-9,11-16,18H2,1-5H3,(H,30,31,32)/t20-,21+/m1/s1. The maximum absolute atomic E-state index is 14.1. The van der Waals surface area contributed by atoms with E-state index in [9.17, 15) is 9.59 Å². The van der Waals surface area contributed by atoms with Crippen LogP contribution in [0.4, 0.5) is 5.82 Å². The molecule has 38 heavy (non-hydrogen) atoms. The zero-order chi connectivity index (χ0) is 27.3. The zero-order valence-corrected chi connectivity index (χ0v) is 23.3. The molecule has 0 aromatic carbocycles. The summed E-state index contributed by atoms with van der Waals surface area (Å²) >= 11 is 0. The number of ether oxygens (including phenoxy) is 1. The minimum Gasteiger partial charge on any atom is -0.467 e. The van der Waals surface area contributed by atoms with Crippen LogP contribution in [-0.2, 0) is 21.5 Å². The monoisotopic (exact) mass is 526 g/mol. The highest BCUT2D eigenvalue weighted by molar-refractivity contribution is 5.98. The van der Waals surface area contributed by atoms with Crippen LogP contribution in [0, 0.1) is 11.8 Å². The third kappa shape index (κ3) is 6.91. The average Bonchev–Trinajstić information content (AvgIpc) is 3.43. The summed E-state index contributed by atoms with van der Waals surface area (Å²) < 4.78 is 10.9. The topological polar surface area (TPSA) is 113 Å². The van der Waals surface area contributed by atoms with E-state index in [2.05, 4.69) is 29.5 Å². The molecule has 2 aliphatic heterocycles. The fraction of sp³-hybridized carbons (Fsp3) is 0.643. The normalized spacial score (nSPS) is 20.4. The molecule has 0 aliphatic carbocycles. The lowest BCUT2D eigenvalue weighted by Crippen LogP contribution is -2.56. The minimum atomic E-state index is -0.277. The first-order chi connectivity index (χ1) is 18.1. The number of rotatable bonds is 8. The number of hydrogen-bond acceptors (Lipinski definition) is 8. The molecule has 2 fully saturated rings. The van der Waals surface area contributed by atoms with Gasteiger partial charge >= 0.3 is 0 Å². The van der Waals surface area contributed by atoms with Gasteiger partial charge in [0.2, 0.25) is 5.91 Å². The van der Waals surface area contributed by atoms with Crippen molar-refractivity contribution in [1.29, 1.82) is 0 Å². The number of nitrogens with zero attached hydrogens (tertiary/aromatic N) is 4. The Bertz CT molecular complexity index is 1080. The zero-order valence-electron chi connectivity index (χ0n) is 23.3. The lowest BCUT2D eigenvalue weighted by Gasteiger charge is -2.40. The Morgan fingerprint density at radius 1 is 1.24 bits per heavy atom. The number of carbonyl (C=O) groups excluding carboxylic acids is 2. The van der Waals surface area contributed by atoms with Gasteiger partial charge in [-0.3, -0.25) is 9.59 Å². The minimum absolute atomic E-state index is 0.117. The summed E-state index contributed by atoms with van der Waals surface area (Å²) in [5.74, 6) is 1.98. The van der Waals surface area contributed by atoms with Gasteiger partial charge in [0, 0.05) is 50.4 Å². The highest BCUT2D eigenvalue weighted by Crippen LogP contribution is 2.26. The van der Waals surface area contributed by atoms with Gasteiger partial charge in [0.15, 0.2) is 0 Å². The Hall–Kier alpha value is -2.98. The van der Waals surface area contributed by atoms with E-state index in [0.717, 1.165) is 5.76 Å². The number of nitrogens with one attached hydrogen (secondary N) is 2. The first kappa shape index (κ1) is 28.0. The molecule has 4 heterocycles. The molecule has 2 aromatic rings. The van der Waals surface area contributed by atoms with Crippen LogP contribution in [0.1, 0.15) is 63.0 Å². The van der Waals surface area contributed by atoms with Gasteiger partial charge < -0.3 is 29.6 Å². The van der Waals surface area contributed by atoms with Crippen molar-refractivity contribution in [3.63, 3.8) is 0 Å². The van der Waals surface area contributed by atoms with Crippen molar-refractivity contribution in [1.82, 2.24) is 25.1 Å². The Morgan fingerprint density at radius 2 is 2.00 bits per heavy atom. The fourth-order valence-electron chi connectivity index (χ4n) is 4.95. The number of aromatic nitrogens is 2. The van der Waals surface area contributed by atoms with Crippen LogP contribution < -0.4 is 10.6 Å². The molecule has 2 saturated heterocycles. The second-order valence-corrected chi connectivity index (χ2v) is 11.7. The smallest absolute Gasteiger partial charge is 0.259 e. The van der Waals surface area contributed by atoms with Crippen molar-refractivity contribution in [2.45, 2.75) is 59.0 Å². The van der Waals surface area contributed by atoms with E-state index in [1.165, 1.54) is 0 Å². The van der Waals surface area contributed by atoms with Crippen molar-refractivity contribution in [2.24, 2.45) is 11.8 Å². The van der Waals surface area contributed by atoms with Gasteiger partial charge in [-0.2, -0.15) is 0 Å². The van der Waals surface area contributed by atoms with Gasteiger partial charge in [-0.15, -0.1) is 0 Å². The summed E-state index contributed by atoms with van der Waals surface area (Å²) in [5, 5.41) is 6.73. The third-order valence-electron chi connectivity index (χ3n) is 6.96. The van der Waals surface area contributed by atoms with Gasteiger partial charge in [-0.05, 0) is 24.5 Å². The molecule has 0 saturated carbocycles. The SMILES string of the molecule is CC(C)CN(C(=O)c1cnc(C(C)(C)C)nc1NCc1ccco1)[C@@H]1CNC[C@H](C(=O)N2CCOCC2)C1. The van der Waals surface area contributed by atoms with E-state index in [1.807, 2.05) is 42.7 Å². The summed E-state index contributed by atoms with van der Waals surface area (Å²) in [6.45, 7) is 15.0. The number of amides is 2. The quantitative estimate of drug-likeness (QED) is 0.540. The van der Waals surface area contributed by atoms with Gasteiger partial charge in [-0.1, -0.05) is 34.6 Å². The van der Waals surface area contributed by atoms with Crippen molar-refractivity contribution in [3.05, 3.63) is 41.7 Å². The molecule has 0 unspecified atom stereocenters. The van der Waals surface area contributed by atoms with Crippen LogP contribution >= 0.6 is 0 Å². The molecule has 2 aromatic heterocycles. The Labute approximate surface area is 225 Å². The molecule has 0 spiro atoms. The number of hydrogen-bond donors (Lipinski definition) is 2. The summed E-state index contributed by atoms with van der Waals surface area (Å²) in [7, 11) is 0.